The molecule has 1 amide bonds. The molecule has 1 fully saturated rings. The first-order valence-corrected chi connectivity index (χ1v) is 7.61. The predicted octanol–water partition coefficient (Wildman–Crippen LogP) is 0.449. The maximum absolute atomic E-state index is 12.5. The number of nitrogens with zero attached hydrogens (tertiary/aromatic N) is 4. The van der Waals surface area contributed by atoms with Crippen LogP contribution in [-0.4, -0.2) is 55.9 Å². The Kier molecular flexibility index (Phi) is 5.09. The van der Waals surface area contributed by atoms with E-state index in [0.717, 1.165) is 11.6 Å². The van der Waals surface area contributed by atoms with Crippen molar-refractivity contribution in [2.45, 2.75) is 57.8 Å². The second-order valence-electron chi connectivity index (χ2n) is 6.42. The number of hydrogen-bond donors (Lipinski definition) is 2. The molecule has 0 bridgehead atoms. The number of aromatic nitrogens is 3. The third-order valence-corrected chi connectivity index (χ3v) is 4.28. The summed E-state index contributed by atoms with van der Waals surface area (Å²) >= 11 is 0. The quantitative estimate of drug-likeness (QED) is 0.823. The van der Waals surface area contributed by atoms with Gasteiger partial charge < -0.3 is 19.9 Å². The van der Waals surface area contributed by atoms with E-state index in [9.17, 15) is 9.90 Å². The Morgan fingerprint density at radius 1 is 1.41 bits per heavy atom. The van der Waals surface area contributed by atoms with Crippen LogP contribution in [0.5, 0.6) is 0 Å². The lowest BCUT2D eigenvalue weighted by atomic mass is 10.1. The van der Waals surface area contributed by atoms with E-state index in [1.807, 2.05) is 4.90 Å². The molecule has 124 valence electrons. The highest BCUT2D eigenvalue weighted by atomic mass is 35.5. The number of nitrogens with one attached hydrogen (secondary N) is 1. The van der Waals surface area contributed by atoms with Crippen molar-refractivity contribution in [1.29, 1.82) is 0 Å². The number of rotatable bonds is 2. The van der Waals surface area contributed by atoms with Crippen molar-refractivity contribution in [3.8, 4) is 0 Å². The lowest BCUT2D eigenvalue weighted by molar-refractivity contribution is -0.135. The largest absolute Gasteiger partial charge is 0.392 e. The van der Waals surface area contributed by atoms with Gasteiger partial charge in [-0.15, -0.1) is 22.6 Å². The standard InChI is InChI=1S/C14H23N5O2.ClH/c1-8(2)13-17-16-12-7-18(6-9(3)19(12)13)14(21)11-4-10(20)5-15-11;/h8-11,15,20H,4-7H2,1-3H3;1H/t9-,10+,11-;/m0./s1. The maximum Gasteiger partial charge on any atom is 0.240 e. The smallest absolute Gasteiger partial charge is 0.240 e. The number of carbonyl (C=O) groups is 1. The molecule has 1 aromatic rings. The van der Waals surface area contributed by atoms with E-state index >= 15 is 0 Å². The van der Waals surface area contributed by atoms with Crippen molar-refractivity contribution in [1.82, 2.24) is 25.0 Å². The molecule has 0 aromatic carbocycles. The van der Waals surface area contributed by atoms with E-state index in [-0.39, 0.29) is 30.4 Å². The summed E-state index contributed by atoms with van der Waals surface area (Å²) in [5.41, 5.74) is 0. The minimum absolute atomic E-state index is 0. The van der Waals surface area contributed by atoms with Crippen LogP contribution in [0.15, 0.2) is 0 Å². The Hall–Kier alpha value is -1.18. The molecule has 2 aliphatic heterocycles. The molecule has 8 heteroatoms. The van der Waals surface area contributed by atoms with E-state index in [2.05, 4.69) is 40.9 Å². The lowest BCUT2D eigenvalue weighted by Crippen LogP contribution is -2.48. The van der Waals surface area contributed by atoms with Crippen LogP contribution in [0.3, 0.4) is 0 Å². The number of fused-ring (bicyclic) bond motifs is 1. The average Bonchev–Trinajstić information content (AvgIpc) is 3.04. The molecule has 0 unspecified atom stereocenters. The van der Waals surface area contributed by atoms with Crippen LogP contribution in [0.2, 0.25) is 0 Å². The summed E-state index contributed by atoms with van der Waals surface area (Å²) in [6.45, 7) is 7.95. The van der Waals surface area contributed by atoms with Gasteiger partial charge in [-0.25, -0.2) is 0 Å². The van der Waals surface area contributed by atoms with Gasteiger partial charge in [-0.2, -0.15) is 0 Å². The first kappa shape index (κ1) is 17.2. The summed E-state index contributed by atoms with van der Waals surface area (Å²) in [6, 6.07) is -0.0948. The van der Waals surface area contributed by atoms with Crippen LogP contribution in [0.25, 0.3) is 0 Å². The third kappa shape index (κ3) is 2.98. The summed E-state index contributed by atoms with van der Waals surface area (Å²) < 4.78 is 2.16. The average molecular weight is 330 g/mol. The van der Waals surface area contributed by atoms with E-state index in [0.29, 0.717) is 32.0 Å². The Labute approximate surface area is 136 Å². The van der Waals surface area contributed by atoms with Crippen molar-refractivity contribution in [2.24, 2.45) is 0 Å². The van der Waals surface area contributed by atoms with E-state index < -0.39 is 6.10 Å². The zero-order valence-corrected chi connectivity index (χ0v) is 14.0. The molecule has 0 aliphatic carbocycles. The molecule has 0 radical (unpaired) electrons. The van der Waals surface area contributed by atoms with Gasteiger partial charge in [0.05, 0.1) is 24.7 Å². The van der Waals surface area contributed by atoms with Gasteiger partial charge in [0.25, 0.3) is 0 Å². The van der Waals surface area contributed by atoms with Gasteiger partial charge in [-0.05, 0) is 13.3 Å². The van der Waals surface area contributed by atoms with Crippen molar-refractivity contribution >= 4 is 18.3 Å². The van der Waals surface area contributed by atoms with Gasteiger partial charge in [-0.3, -0.25) is 4.79 Å². The topological polar surface area (TPSA) is 83.3 Å². The fourth-order valence-corrected chi connectivity index (χ4v) is 3.25. The molecule has 1 saturated heterocycles. The lowest BCUT2D eigenvalue weighted by Gasteiger charge is -2.34. The number of hydrogen-bond acceptors (Lipinski definition) is 5. The molecular weight excluding hydrogens is 306 g/mol. The predicted molar refractivity (Wildman–Crippen MR) is 83.9 cm³/mol. The molecule has 22 heavy (non-hydrogen) atoms. The summed E-state index contributed by atoms with van der Waals surface area (Å²) in [7, 11) is 0. The second-order valence-corrected chi connectivity index (χ2v) is 6.42. The van der Waals surface area contributed by atoms with Crippen LogP contribution in [-0.2, 0) is 11.3 Å². The van der Waals surface area contributed by atoms with Gasteiger partial charge >= 0.3 is 0 Å². The molecule has 3 rings (SSSR count). The van der Waals surface area contributed by atoms with Gasteiger partial charge in [0.1, 0.15) is 5.82 Å². The van der Waals surface area contributed by atoms with Crippen molar-refractivity contribution in [3.05, 3.63) is 11.6 Å². The normalized spacial score (nSPS) is 27.7. The molecule has 0 saturated carbocycles. The van der Waals surface area contributed by atoms with Crippen molar-refractivity contribution < 1.29 is 9.90 Å². The third-order valence-electron chi connectivity index (χ3n) is 4.28. The molecule has 0 spiro atoms. The first-order chi connectivity index (χ1) is 9.97. The minimum Gasteiger partial charge on any atom is -0.392 e. The molecule has 2 N–H and O–H groups in total. The zero-order chi connectivity index (χ0) is 15.1. The van der Waals surface area contributed by atoms with Gasteiger partial charge in [-0.1, -0.05) is 13.8 Å². The molecule has 2 aliphatic rings. The van der Waals surface area contributed by atoms with Gasteiger partial charge in [0.15, 0.2) is 5.82 Å². The number of aliphatic hydroxyl groups excluding tert-OH is 1. The van der Waals surface area contributed by atoms with Crippen molar-refractivity contribution in [3.63, 3.8) is 0 Å². The SMILES string of the molecule is CC(C)c1nnc2n1[C@@H](C)CN(C(=O)[C@@H]1C[C@@H](O)CN1)C2.Cl. The van der Waals surface area contributed by atoms with Gasteiger partial charge in [0, 0.05) is 19.0 Å². The summed E-state index contributed by atoms with van der Waals surface area (Å²) in [5.74, 6) is 2.21. The number of aliphatic hydroxyl groups is 1. The molecular formula is C14H24ClN5O2. The monoisotopic (exact) mass is 329 g/mol. The van der Waals surface area contributed by atoms with Crippen LogP contribution in [0.1, 0.15) is 50.8 Å². The molecule has 3 heterocycles. The minimum atomic E-state index is -0.419. The number of halogens is 1. The highest BCUT2D eigenvalue weighted by Gasteiger charge is 2.35. The number of β-amino-alcohol motifs (C(OH)–C–C–N with tert-alkyl or cyclic N) is 1. The van der Waals surface area contributed by atoms with Crippen LogP contribution in [0, 0.1) is 0 Å². The van der Waals surface area contributed by atoms with Gasteiger partial charge in [0.2, 0.25) is 5.91 Å². The second kappa shape index (κ2) is 6.52. The summed E-state index contributed by atoms with van der Waals surface area (Å²) in [5, 5.41) is 21.2. The zero-order valence-electron chi connectivity index (χ0n) is 13.2. The maximum atomic E-state index is 12.5. The Balaban J connectivity index is 0.00000176. The Morgan fingerprint density at radius 3 is 2.73 bits per heavy atom. The van der Waals surface area contributed by atoms with Crippen LogP contribution in [0.4, 0.5) is 0 Å². The fourth-order valence-electron chi connectivity index (χ4n) is 3.25. The highest BCUT2D eigenvalue weighted by molar-refractivity contribution is 5.85. The molecule has 3 atom stereocenters. The highest BCUT2D eigenvalue weighted by Crippen LogP contribution is 2.26. The summed E-state index contributed by atoms with van der Waals surface area (Å²) in [6.07, 6.45) is 0.0746. The van der Waals surface area contributed by atoms with Crippen LogP contribution < -0.4 is 5.32 Å². The van der Waals surface area contributed by atoms with E-state index in [4.69, 9.17) is 0 Å². The van der Waals surface area contributed by atoms with E-state index in [1.54, 1.807) is 0 Å². The van der Waals surface area contributed by atoms with Crippen molar-refractivity contribution in [2.75, 3.05) is 13.1 Å². The molecule has 1 aromatic heterocycles. The number of amides is 1. The van der Waals surface area contributed by atoms with E-state index in [1.165, 1.54) is 0 Å². The Morgan fingerprint density at radius 2 is 2.14 bits per heavy atom. The first-order valence-electron chi connectivity index (χ1n) is 7.61. The Bertz CT molecular complexity index is 547. The molecule has 7 nitrogen and oxygen atoms in total. The summed E-state index contributed by atoms with van der Waals surface area (Å²) in [4.78, 5) is 14.4. The fraction of sp³-hybridized carbons (Fsp3) is 0.786. The van der Waals surface area contributed by atoms with Crippen LogP contribution >= 0.6 is 12.4 Å². The number of carbonyl (C=O) groups excluding carboxylic acids is 1.